The second-order valence-corrected chi connectivity index (χ2v) is 7.69. The highest BCUT2D eigenvalue weighted by Crippen LogP contribution is 2.32. The predicted molar refractivity (Wildman–Crippen MR) is 114 cm³/mol. The van der Waals surface area contributed by atoms with Crippen molar-refractivity contribution in [1.82, 2.24) is 4.98 Å². The molecule has 0 atom stereocenters. The summed E-state index contributed by atoms with van der Waals surface area (Å²) in [5.41, 5.74) is 1.47. The Bertz CT molecular complexity index is 1260. The number of esters is 1. The van der Waals surface area contributed by atoms with Crippen molar-refractivity contribution in [2.75, 3.05) is 12.0 Å². The van der Waals surface area contributed by atoms with Gasteiger partial charge < -0.3 is 4.74 Å². The first-order valence-electron chi connectivity index (χ1n) is 9.26. The van der Waals surface area contributed by atoms with Crippen LogP contribution in [0, 0.1) is 11.6 Å². The zero-order valence-electron chi connectivity index (χ0n) is 16.3. The number of fused-ring (bicyclic) bond motifs is 1. The summed E-state index contributed by atoms with van der Waals surface area (Å²) < 4.78 is 32.8. The van der Waals surface area contributed by atoms with E-state index in [4.69, 9.17) is 0 Å². The number of methoxy groups -OCH3 is 1. The van der Waals surface area contributed by atoms with Crippen LogP contribution in [0.1, 0.15) is 26.3 Å². The average Bonchev–Trinajstić information content (AvgIpc) is 3.21. The van der Waals surface area contributed by atoms with Crippen molar-refractivity contribution in [1.29, 1.82) is 0 Å². The molecule has 0 unspecified atom stereocenters. The maximum absolute atomic E-state index is 14.2. The Balaban J connectivity index is 1.75. The lowest BCUT2D eigenvalue weighted by atomic mass is 10.1. The summed E-state index contributed by atoms with van der Waals surface area (Å²) in [6.45, 7) is 0.183. The quantitative estimate of drug-likeness (QED) is 0.402. The fraction of sp³-hybridized carbons (Fsp3) is 0.0870. The van der Waals surface area contributed by atoms with E-state index in [0.717, 1.165) is 23.0 Å². The molecule has 5 nitrogen and oxygen atoms in total. The number of amides is 1. The summed E-state index contributed by atoms with van der Waals surface area (Å²) in [7, 11) is 1.28. The number of aromatic nitrogens is 1. The van der Waals surface area contributed by atoms with E-state index in [1.807, 2.05) is 30.3 Å². The number of rotatable bonds is 5. The van der Waals surface area contributed by atoms with E-state index in [0.29, 0.717) is 15.8 Å². The van der Waals surface area contributed by atoms with E-state index in [1.165, 1.54) is 42.3 Å². The Labute approximate surface area is 180 Å². The van der Waals surface area contributed by atoms with Crippen molar-refractivity contribution in [3.63, 3.8) is 0 Å². The molecule has 1 heterocycles. The molecule has 0 spiro atoms. The molecular weight excluding hydrogens is 422 g/mol. The van der Waals surface area contributed by atoms with Gasteiger partial charge in [-0.05, 0) is 35.9 Å². The fourth-order valence-electron chi connectivity index (χ4n) is 3.08. The number of halogens is 2. The first kappa shape index (κ1) is 20.6. The van der Waals surface area contributed by atoms with Gasteiger partial charge >= 0.3 is 5.97 Å². The molecule has 4 aromatic rings. The van der Waals surface area contributed by atoms with Crippen molar-refractivity contribution in [2.24, 2.45) is 0 Å². The van der Waals surface area contributed by atoms with Gasteiger partial charge in [0.15, 0.2) is 10.9 Å². The van der Waals surface area contributed by atoms with Crippen molar-refractivity contribution in [2.45, 2.75) is 6.54 Å². The summed E-state index contributed by atoms with van der Waals surface area (Å²) in [6, 6.07) is 17.2. The number of benzene rings is 3. The largest absolute Gasteiger partial charge is 0.465 e. The SMILES string of the molecule is COC(=O)c1ccc(C(=O)N(Cc2ccccc2)c2nc3c(F)cc(F)cc3s2)cc1. The molecule has 0 bridgehead atoms. The van der Waals surface area contributed by atoms with Gasteiger partial charge in [0.2, 0.25) is 0 Å². The van der Waals surface area contributed by atoms with Crippen molar-refractivity contribution < 1.29 is 23.1 Å². The molecule has 8 heteroatoms. The zero-order chi connectivity index (χ0) is 22.0. The number of ether oxygens (including phenoxy) is 1. The molecule has 0 aliphatic carbocycles. The van der Waals surface area contributed by atoms with Gasteiger partial charge in [0.05, 0.1) is 23.9 Å². The Hall–Kier alpha value is -3.65. The lowest BCUT2D eigenvalue weighted by Gasteiger charge is -2.20. The first-order valence-corrected chi connectivity index (χ1v) is 10.1. The standard InChI is InChI=1S/C23H16F2N2O3S/c1-30-22(29)16-9-7-15(8-10-16)21(28)27(13-14-5-3-2-4-6-14)23-26-20-18(25)11-17(24)12-19(20)31-23/h2-12H,13H2,1H3. The summed E-state index contributed by atoms with van der Waals surface area (Å²) >= 11 is 1.03. The fourth-order valence-corrected chi connectivity index (χ4v) is 4.08. The Kier molecular flexibility index (Phi) is 5.73. The smallest absolute Gasteiger partial charge is 0.337 e. The minimum Gasteiger partial charge on any atom is -0.465 e. The van der Waals surface area contributed by atoms with Crippen molar-refractivity contribution in [3.8, 4) is 0 Å². The van der Waals surface area contributed by atoms with Gasteiger partial charge in [-0.15, -0.1) is 0 Å². The Morgan fingerprint density at radius 2 is 1.68 bits per heavy atom. The molecule has 1 amide bonds. The number of hydrogen-bond acceptors (Lipinski definition) is 5. The first-order chi connectivity index (χ1) is 15.0. The van der Waals surface area contributed by atoms with E-state index in [-0.39, 0.29) is 23.1 Å². The summed E-state index contributed by atoms with van der Waals surface area (Å²) in [4.78, 5) is 30.7. The average molecular weight is 438 g/mol. The van der Waals surface area contributed by atoms with Gasteiger partial charge in [-0.1, -0.05) is 41.7 Å². The normalized spacial score (nSPS) is 10.8. The number of nitrogens with zero attached hydrogens (tertiary/aromatic N) is 2. The van der Waals surface area contributed by atoms with E-state index in [2.05, 4.69) is 9.72 Å². The van der Waals surface area contributed by atoms with E-state index < -0.39 is 17.6 Å². The van der Waals surface area contributed by atoms with Crippen LogP contribution in [0.4, 0.5) is 13.9 Å². The third-order valence-electron chi connectivity index (χ3n) is 4.61. The second-order valence-electron chi connectivity index (χ2n) is 6.68. The van der Waals surface area contributed by atoms with Crippen LogP contribution < -0.4 is 4.90 Å². The number of hydrogen-bond donors (Lipinski definition) is 0. The molecule has 0 N–H and O–H groups in total. The topological polar surface area (TPSA) is 59.5 Å². The molecule has 0 fully saturated rings. The maximum Gasteiger partial charge on any atom is 0.337 e. The monoisotopic (exact) mass is 438 g/mol. The van der Waals surface area contributed by atoms with Gasteiger partial charge in [0.1, 0.15) is 11.3 Å². The molecule has 31 heavy (non-hydrogen) atoms. The van der Waals surface area contributed by atoms with Gasteiger partial charge in [-0.3, -0.25) is 9.69 Å². The predicted octanol–water partition coefficient (Wildman–Crippen LogP) is 5.21. The molecule has 1 aromatic heterocycles. The lowest BCUT2D eigenvalue weighted by Crippen LogP contribution is -2.30. The molecule has 0 radical (unpaired) electrons. The minimum absolute atomic E-state index is 0.00769. The van der Waals surface area contributed by atoms with E-state index >= 15 is 0 Å². The van der Waals surface area contributed by atoms with Crippen LogP contribution in [0.25, 0.3) is 10.2 Å². The van der Waals surface area contributed by atoms with Crippen LogP contribution in [-0.2, 0) is 11.3 Å². The van der Waals surface area contributed by atoms with E-state index in [9.17, 15) is 18.4 Å². The molecule has 0 saturated carbocycles. The third kappa shape index (κ3) is 4.29. The van der Waals surface area contributed by atoms with Gasteiger partial charge in [-0.25, -0.2) is 18.6 Å². The van der Waals surface area contributed by atoms with Crippen LogP contribution in [0.3, 0.4) is 0 Å². The highest BCUT2D eigenvalue weighted by Gasteiger charge is 2.23. The molecule has 0 aliphatic rings. The van der Waals surface area contributed by atoms with Crippen molar-refractivity contribution >= 4 is 38.6 Å². The molecular formula is C23H16F2N2O3S. The molecule has 4 rings (SSSR count). The third-order valence-corrected chi connectivity index (χ3v) is 5.64. The van der Waals surface area contributed by atoms with Crippen LogP contribution >= 0.6 is 11.3 Å². The minimum atomic E-state index is -0.785. The number of anilines is 1. The van der Waals surface area contributed by atoms with Crippen LogP contribution in [-0.4, -0.2) is 24.0 Å². The van der Waals surface area contributed by atoms with E-state index in [1.54, 1.807) is 0 Å². The van der Waals surface area contributed by atoms with Crippen LogP contribution in [0.15, 0.2) is 66.7 Å². The highest BCUT2D eigenvalue weighted by atomic mass is 32.1. The van der Waals surface area contributed by atoms with Crippen LogP contribution in [0.5, 0.6) is 0 Å². The highest BCUT2D eigenvalue weighted by molar-refractivity contribution is 7.22. The molecule has 156 valence electrons. The Morgan fingerprint density at radius 1 is 1.00 bits per heavy atom. The molecule has 0 aliphatic heterocycles. The van der Waals surface area contributed by atoms with Crippen molar-refractivity contribution in [3.05, 3.63) is 95.1 Å². The van der Waals surface area contributed by atoms with Gasteiger partial charge in [0.25, 0.3) is 5.91 Å². The second kappa shape index (κ2) is 8.61. The molecule has 0 saturated heterocycles. The number of carbonyl (C=O) groups is 2. The summed E-state index contributed by atoms with van der Waals surface area (Å²) in [5, 5.41) is 0.241. The number of thiazole rings is 1. The van der Waals surface area contributed by atoms with Gasteiger partial charge in [-0.2, -0.15) is 0 Å². The summed E-state index contributed by atoms with van der Waals surface area (Å²) in [5.74, 6) is -2.39. The van der Waals surface area contributed by atoms with Crippen LogP contribution in [0.2, 0.25) is 0 Å². The summed E-state index contributed by atoms with van der Waals surface area (Å²) in [6.07, 6.45) is 0. The number of carbonyl (C=O) groups excluding carboxylic acids is 2. The molecule has 3 aromatic carbocycles. The lowest BCUT2D eigenvalue weighted by molar-refractivity contribution is 0.0600. The maximum atomic E-state index is 14.2. The van der Waals surface area contributed by atoms with Gasteiger partial charge in [0, 0.05) is 11.6 Å². The zero-order valence-corrected chi connectivity index (χ0v) is 17.2. The Morgan fingerprint density at radius 3 is 2.35 bits per heavy atom.